The molecule has 0 heterocycles. The van der Waals surface area contributed by atoms with Crippen LogP contribution in [0.25, 0.3) is 0 Å². The fourth-order valence-electron chi connectivity index (χ4n) is 5.28. The Morgan fingerprint density at radius 1 is 0.429 bits per heavy atom. The summed E-state index contributed by atoms with van der Waals surface area (Å²) in [6.45, 7) is 36.3. The Morgan fingerprint density at radius 3 is 1.12 bits per heavy atom. The molecule has 0 saturated carbocycles. The highest BCUT2D eigenvalue weighted by Crippen LogP contribution is 2.48. The average Bonchev–Trinajstić information content (AvgIpc) is 3.36. The van der Waals surface area contributed by atoms with Crippen molar-refractivity contribution >= 4 is 27.4 Å². The zero-order valence-electron chi connectivity index (χ0n) is 49.8. The molecular weight excluding hydrogens is 1070 g/mol. The third-order valence-electron chi connectivity index (χ3n) is 9.66. The van der Waals surface area contributed by atoms with Crippen LogP contribution in [0.5, 0.6) is 0 Å². The molecule has 77 heavy (non-hydrogen) atoms. The molecule has 22 nitrogen and oxygen atoms in total. The van der Waals surface area contributed by atoms with E-state index in [1.807, 2.05) is 27.7 Å². The lowest BCUT2D eigenvalue weighted by atomic mass is 10.1. The van der Waals surface area contributed by atoms with E-state index in [9.17, 15) is 19.3 Å². The van der Waals surface area contributed by atoms with Gasteiger partial charge in [-0.25, -0.2) is 0 Å². The van der Waals surface area contributed by atoms with E-state index in [1.54, 1.807) is 27.4 Å². The molecule has 0 aromatic rings. The summed E-state index contributed by atoms with van der Waals surface area (Å²) in [7, 11) is -5.53. The first kappa shape index (κ1) is 85.5. The molecule has 9 atom stereocenters. The number of hydrogen-bond donors (Lipinski definition) is 6. The van der Waals surface area contributed by atoms with Crippen LogP contribution < -0.4 is 0 Å². The van der Waals surface area contributed by atoms with Crippen molar-refractivity contribution in [3.63, 3.8) is 0 Å². The predicted octanol–water partition coefficient (Wildman–Crippen LogP) is 6.94. The summed E-state index contributed by atoms with van der Waals surface area (Å²) in [5.74, 6) is 2.97. The molecule has 9 unspecified atom stereocenters. The van der Waals surface area contributed by atoms with Gasteiger partial charge in [0.15, 0.2) is 12.6 Å². The van der Waals surface area contributed by atoms with Gasteiger partial charge in [0.2, 0.25) is 7.37 Å². The third kappa shape index (κ3) is 63.1. The minimum atomic E-state index is -2.94. The summed E-state index contributed by atoms with van der Waals surface area (Å²) in [5.41, 5.74) is 0. The van der Waals surface area contributed by atoms with Gasteiger partial charge in [-0.1, -0.05) is 48.1 Å². The van der Waals surface area contributed by atoms with Crippen LogP contribution in [0.4, 0.5) is 0 Å². The lowest BCUT2D eigenvalue weighted by Crippen LogP contribution is -2.33. The van der Waals surface area contributed by atoms with Gasteiger partial charge in [-0.05, 0) is 85.5 Å². The molecule has 0 saturated heterocycles. The first-order chi connectivity index (χ1) is 36.0. The Bertz CT molecular complexity index is 1300. The van der Waals surface area contributed by atoms with Gasteiger partial charge < -0.3 is 96.3 Å². The van der Waals surface area contributed by atoms with Crippen molar-refractivity contribution in [3.8, 4) is 0 Å². The fourth-order valence-corrected chi connectivity index (χ4v) is 7.42. The van der Waals surface area contributed by atoms with Crippen LogP contribution in [0, 0.1) is 17.8 Å². The lowest BCUT2D eigenvalue weighted by molar-refractivity contribution is -0.173. The number of rotatable bonds is 49. The molecule has 0 spiro atoms. The van der Waals surface area contributed by atoms with Gasteiger partial charge in [0.25, 0.3) is 0 Å². The summed E-state index contributed by atoms with van der Waals surface area (Å²) in [6.07, 6.45) is -0.990. The minimum Gasteiger partial charge on any atom is -0.394 e. The summed E-state index contributed by atoms with van der Waals surface area (Å²) in [6, 6.07) is 0. The smallest absolute Gasteiger partial charge is 0.353 e. The van der Waals surface area contributed by atoms with E-state index in [2.05, 4.69) is 48.1 Å². The van der Waals surface area contributed by atoms with Crippen LogP contribution in [0.15, 0.2) is 12.4 Å². The second kappa shape index (κ2) is 58.9. The van der Waals surface area contributed by atoms with Crippen LogP contribution in [0.3, 0.4) is 0 Å². The zero-order valence-corrected chi connectivity index (χ0v) is 52.4. The summed E-state index contributed by atoms with van der Waals surface area (Å²) in [4.78, 5) is 0. The molecule has 0 amide bonds. The minimum absolute atomic E-state index is 0. The Kier molecular flexibility index (Phi) is 65.4. The van der Waals surface area contributed by atoms with E-state index < -0.39 is 39.4 Å². The number of ether oxygens (including phenoxy) is 11. The van der Waals surface area contributed by atoms with Gasteiger partial charge in [-0.2, -0.15) is 0 Å². The van der Waals surface area contributed by atoms with Gasteiger partial charge in [0.05, 0.1) is 106 Å². The van der Waals surface area contributed by atoms with Crippen LogP contribution in [-0.4, -0.2) is 231 Å². The van der Waals surface area contributed by atoms with Crippen LogP contribution >= 0.6 is 27.4 Å². The summed E-state index contributed by atoms with van der Waals surface area (Å²) < 4.78 is 98.3. The highest BCUT2D eigenvalue weighted by Gasteiger charge is 2.20. The first-order valence-electron chi connectivity index (χ1n) is 27.2. The second-order valence-corrected chi connectivity index (χ2v) is 23.3. The maximum atomic E-state index is 12.0. The predicted molar refractivity (Wildman–Crippen MR) is 303 cm³/mol. The molecule has 0 rings (SSSR count). The average molecular weight is 1190 g/mol. The standard InChI is InChI=1S/C19H40O7.C16H35O7P.C11H24O5.C6H13O3P.ClH/c1-7-22-16(5)24-11-18(20)12-26-19(13-21-10-9-15(3)4)14-25-17(6)23-8-2;1-5-23-24(4,19)9-8-21-13-16(22-11-15(18)10-17)12-20-7-6-14(2)3;1-9(2)3-4-15-8-11(6-13)16-7-10(14)5-12;1-4-8-10(7,6-3)9-5-2;/h15-20H,7-14H2,1-6H3;14-18H,5-13H2,1-4H3;9-14H,3-8H2,1-2H3;6H,3-5H2,1-2H3;1H. The van der Waals surface area contributed by atoms with E-state index in [0.717, 1.165) is 19.3 Å². The van der Waals surface area contributed by atoms with Gasteiger partial charge >= 0.3 is 7.60 Å². The van der Waals surface area contributed by atoms with Gasteiger partial charge in [0.1, 0.15) is 36.6 Å². The molecule has 0 aliphatic rings. The molecule has 470 valence electrons. The molecule has 0 aromatic carbocycles. The summed E-state index contributed by atoms with van der Waals surface area (Å²) >= 11 is 0. The molecule has 0 aliphatic carbocycles. The third-order valence-corrected chi connectivity index (χ3v) is 13.1. The van der Waals surface area contributed by atoms with Crippen LogP contribution in [0.2, 0.25) is 0 Å². The number of hydrogen-bond acceptors (Lipinski definition) is 22. The lowest BCUT2D eigenvalue weighted by Gasteiger charge is -2.23. The Morgan fingerprint density at radius 2 is 0.766 bits per heavy atom. The molecule has 0 aromatic heterocycles. The molecular formula is C52H113ClO22P2. The molecule has 0 radical (unpaired) electrons. The molecule has 0 aliphatic heterocycles. The molecule has 25 heteroatoms. The molecule has 6 N–H and O–H groups in total. The van der Waals surface area contributed by atoms with E-state index in [-0.39, 0.29) is 90.1 Å². The fraction of sp³-hybridized carbons (Fsp3) is 0.962. The van der Waals surface area contributed by atoms with E-state index >= 15 is 0 Å². The van der Waals surface area contributed by atoms with Crippen molar-refractivity contribution < 1.29 is 105 Å². The van der Waals surface area contributed by atoms with Crippen molar-refractivity contribution in [2.75, 3.05) is 152 Å². The van der Waals surface area contributed by atoms with Gasteiger partial charge in [0, 0.05) is 51.7 Å². The Labute approximate surface area is 471 Å². The van der Waals surface area contributed by atoms with Gasteiger partial charge in [-0.15, -0.1) is 12.4 Å². The van der Waals surface area contributed by atoms with E-state index in [1.165, 1.54) is 5.82 Å². The first-order valence-corrected chi connectivity index (χ1v) is 31.1. The van der Waals surface area contributed by atoms with Crippen LogP contribution in [-0.2, 0) is 74.8 Å². The quantitative estimate of drug-likeness (QED) is 0.0204. The van der Waals surface area contributed by atoms with Crippen molar-refractivity contribution in [2.45, 2.75) is 158 Å². The van der Waals surface area contributed by atoms with Crippen molar-refractivity contribution in [1.82, 2.24) is 0 Å². The van der Waals surface area contributed by atoms with Crippen molar-refractivity contribution in [3.05, 3.63) is 12.4 Å². The SMILES string of the molecule is C=CP(=O)(OCC)OCC.CC(C)CCOCC(CO)OCC(O)CO.CCOC(C)OCC(O)COC(COCCC(C)C)COC(C)OCC.CCOP(C)(=O)CCOCC(COCCC(C)C)OCC(O)CO.Cl. The maximum absolute atomic E-state index is 12.0. The van der Waals surface area contributed by atoms with Crippen molar-refractivity contribution in [1.29, 1.82) is 0 Å². The normalized spacial score (nSPS) is 15.6. The van der Waals surface area contributed by atoms with Gasteiger partial charge in [-0.3, -0.25) is 9.13 Å². The van der Waals surface area contributed by atoms with E-state index in [4.69, 9.17) is 86.1 Å². The van der Waals surface area contributed by atoms with Crippen molar-refractivity contribution in [2.24, 2.45) is 17.8 Å². The number of aliphatic hydroxyl groups excluding tert-OH is 6. The largest absolute Gasteiger partial charge is 0.394 e. The van der Waals surface area contributed by atoms with Crippen LogP contribution in [0.1, 0.15) is 109 Å². The Hall–Kier alpha value is -0.310. The number of halogens is 1. The molecule has 0 bridgehead atoms. The monoisotopic (exact) mass is 1190 g/mol. The number of aliphatic hydroxyl groups is 6. The van der Waals surface area contributed by atoms with E-state index in [0.29, 0.717) is 110 Å². The maximum Gasteiger partial charge on any atom is 0.353 e. The topological polar surface area (TPSA) is 285 Å². The zero-order chi connectivity index (χ0) is 58.6. The highest BCUT2D eigenvalue weighted by atomic mass is 35.5. The Balaban J connectivity index is -0.000000313. The highest BCUT2D eigenvalue weighted by molar-refractivity contribution is 7.58. The summed E-state index contributed by atoms with van der Waals surface area (Å²) in [5, 5.41) is 54.8. The second-order valence-electron chi connectivity index (χ2n) is 18.6. The molecule has 0 fully saturated rings.